The van der Waals surface area contributed by atoms with E-state index in [2.05, 4.69) is 20.8 Å². The molecule has 1 amide bonds. The molecule has 1 aromatic heterocycles. The van der Waals surface area contributed by atoms with E-state index in [9.17, 15) is 4.79 Å². The third kappa shape index (κ3) is 6.59. The zero-order valence-electron chi connectivity index (χ0n) is 16.3. The number of carbonyl (C=O) groups excluding carboxylic acids is 1. The lowest BCUT2D eigenvalue weighted by Gasteiger charge is -2.28. The maximum Gasteiger partial charge on any atom is 0.240 e. The van der Waals surface area contributed by atoms with E-state index in [0.717, 1.165) is 45.2 Å². The van der Waals surface area contributed by atoms with Crippen molar-refractivity contribution in [3.05, 3.63) is 11.7 Å². The number of nitrogens with one attached hydrogen (secondary N) is 2. The molecule has 1 saturated heterocycles. The highest BCUT2D eigenvalue weighted by molar-refractivity contribution is 5.85. The zero-order chi connectivity index (χ0) is 17.7. The highest BCUT2D eigenvalue weighted by atomic mass is 35.5. The van der Waals surface area contributed by atoms with Crippen molar-refractivity contribution >= 4 is 30.7 Å². The minimum absolute atomic E-state index is 0. The number of carbonyl (C=O) groups is 1. The fraction of sp³-hybridized carbons (Fsp3) is 0.833. The molecule has 2 heterocycles. The summed E-state index contributed by atoms with van der Waals surface area (Å²) in [5.41, 5.74) is -0.431. The van der Waals surface area contributed by atoms with Gasteiger partial charge in [-0.15, -0.1) is 24.8 Å². The van der Waals surface area contributed by atoms with Gasteiger partial charge in [-0.1, -0.05) is 18.0 Å². The Labute approximate surface area is 174 Å². The van der Waals surface area contributed by atoms with Crippen molar-refractivity contribution in [2.75, 3.05) is 27.2 Å². The number of hydrogen-bond donors (Lipinski definition) is 2. The first kappa shape index (κ1) is 24.1. The van der Waals surface area contributed by atoms with E-state index in [1.54, 1.807) is 0 Å². The summed E-state index contributed by atoms with van der Waals surface area (Å²) in [6.45, 7) is 2.77. The summed E-state index contributed by atoms with van der Waals surface area (Å²) in [4.78, 5) is 19.1. The van der Waals surface area contributed by atoms with Crippen molar-refractivity contribution in [3.8, 4) is 0 Å². The lowest BCUT2D eigenvalue weighted by molar-refractivity contribution is -0.123. The summed E-state index contributed by atoms with van der Waals surface area (Å²) in [6, 6.07) is 0. The Balaban J connectivity index is 0.00000182. The second-order valence-corrected chi connectivity index (χ2v) is 7.82. The van der Waals surface area contributed by atoms with E-state index in [0.29, 0.717) is 30.6 Å². The number of piperidine rings is 1. The quantitative estimate of drug-likeness (QED) is 0.703. The van der Waals surface area contributed by atoms with Gasteiger partial charge in [-0.2, -0.15) is 4.98 Å². The van der Waals surface area contributed by atoms with Crippen molar-refractivity contribution in [1.29, 1.82) is 0 Å². The Hall–Kier alpha value is -0.890. The minimum Gasteiger partial charge on any atom is -0.343 e. The lowest BCUT2D eigenvalue weighted by atomic mass is 9.92. The van der Waals surface area contributed by atoms with Crippen molar-refractivity contribution in [1.82, 2.24) is 25.7 Å². The topological polar surface area (TPSA) is 83.3 Å². The maximum absolute atomic E-state index is 12.6. The smallest absolute Gasteiger partial charge is 0.240 e. The molecule has 1 aliphatic heterocycles. The summed E-state index contributed by atoms with van der Waals surface area (Å²) in [6.07, 6.45) is 7.89. The van der Waals surface area contributed by atoms with Crippen LogP contribution in [0.5, 0.6) is 0 Å². The van der Waals surface area contributed by atoms with Crippen LogP contribution in [0.2, 0.25) is 0 Å². The van der Waals surface area contributed by atoms with Crippen molar-refractivity contribution in [2.45, 2.75) is 63.5 Å². The minimum atomic E-state index is -0.431. The SMILES string of the molecule is CN(C)Cc1nc(C2(NC(=O)CCC3CCNCC3)CCCC2)no1.Cl.Cl. The summed E-state index contributed by atoms with van der Waals surface area (Å²) in [7, 11) is 3.94. The largest absolute Gasteiger partial charge is 0.343 e. The van der Waals surface area contributed by atoms with Crippen LogP contribution in [0.3, 0.4) is 0 Å². The van der Waals surface area contributed by atoms with E-state index >= 15 is 0 Å². The van der Waals surface area contributed by atoms with E-state index in [1.165, 1.54) is 12.8 Å². The van der Waals surface area contributed by atoms with Gasteiger partial charge in [0.1, 0.15) is 5.54 Å². The first-order valence-corrected chi connectivity index (χ1v) is 9.57. The molecule has 0 atom stereocenters. The highest BCUT2D eigenvalue weighted by Crippen LogP contribution is 2.37. The van der Waals surface area contributed by atoms with Gasteiger partial charge in [0.15, 0.2) is 5.82 Å². The predicted molar refractivity (Wildman–Crippen MR) is 109 cm³/mol. The monoisotopic (exact) mass is 421 g/mol. The number of rotatable bonds is 7. The summed E-state index contributed by atoms with van der Waals surface area (Å²) in [5, 5.41) is 10.8. The zero-order valence-corrected chi connectivity index (χ0v) is 18.0. The second kappa shape index (κ2) is 11.2. The Kier molecular flexibility index (Phi) is 10.0. The van der Waals surface area contributed by atoms with Gasteiger partial charge in [0.05, 0.1) is 6.54 Å². The number of amides is 1. The van der Waals surface area contributed by atoms with Crippen LogP contribution >= 0.6 is 24.8 Å². The van der Waals surface area contributed by atoms with Crippen LogP contribution in [0.25, 0.3) is 0 Å². The van der Waals surface area contributed by atoms with Crippen molar-refractivity contribution < 1.29 is 9.32 Å². The molecule has 1 saturated carbocycles. The van der Waals surface area contributed by atoms with Crippen LogP contribution in [-0.4, -0.2) is 48.1 Å². The molecule has 0 aromatic carbocycles. The Morgan fingerprint density at radius 2 is 1.93 bits per heavy atom. The molecule has 2 fully saturated rings. The molecule has 2 aliphatic rings. The van der Waals surface area contributed by atoms with E-state index in [4.69, 9.17) is 4.52 Å². The number of aromatic nitrogens is 2. The fourth-order valence-corrected chi connectivity index (χ4v) is 4.00. The van der Waals surface area contributed by atoms with Crippen molar-refractivity contribution in [2.24, 2.45) is 5.92 Å². The standard InChI is InChI=1S/C18H31N5O2.2ClH/c1-23(2)13-16-20-17(22-25-16)18(9-3-4-10-18)21-15(24)6-5-14-7-11-19-12-8-14;;/h14,19H,3-13H2,1-2H3,(H,21,24);2*1H. The van der Waals surface area contributed by atoms with E-state index < -0.39 is 5.54 Å². The first-order valence-electron chi connectivity index (χ1n) is 9.57. The van der Waals surface area contributed by atoms with Crippen LogP contribution in [0.4, 0.5) is 0 Å². The fourth-order valence-electron chi connectivity index (χ4n) is 4.00. The summed E-state index contributed by atoms with van der Waals surface area (Å²) in [5.74, 6) is 2.05. The highest BCUT2D eigenvalue weighted by Gasteiger charge is 2.41. The number of hydrogen-bond acceptors (Lipinski definition) is 6. The van der Waals surface area contributed by atoms with Crippen LogP contribution in [0, 0.1) is 5.92 Å². The summed E-state index contributed by atoms with van der Waals surface area (Å²) >= 11 is 0. The average molecular weight is 422 g/mol. The Bertz CT molecular complexity index is 570. The Morgan fingerprint density at radius 1 is 1.26 bits per heavy atom. The van der Waals surface area contributed by atoms with Gasteiger partial charge < -0.3 is 20.1 Å². The maximum atomic E-state index is 12.6. The van der Waals surface area contributed by atoms with Crippen LogP contribution in [0.1, 0.15) is 63.1 Å². The van der Waals surface area contributed by atoms with Crippen molar-refractivity contribution in [3.63, 3.8) is 0 Å². The molecule has 0 radical (unpaired) electrons. The van der Waals surface area contributed by atoms with Crippen LogP contribution < -0.4 is 10.6 Å². The molecule has 0 bridgehead atoms. The lowest BCUT2D eigenvalue weighted by Crippen LogP contribution is -2.44. The molecule has 2 N–H and O–H groups in total. The number of halogens is 2. The van der Waals surface area contributed by atoms with Crippen LogP contribution in [-0.2, 0) is 16.9 Å². The predicted octanol–water partition coefficient (Wildman–Crippen LogP) is 2.64. The van der Waals surface area contributed by atoms with E-state index in [1.807, 2.05) is 19.0 Å². The first-order chi connectivity index (χ1) is 12.1. The molecular formula is C18H33Cl2N5O2. The van der Waals surface area contributed by atoms with E-state index in [-0.39, 0.29) is 30.7 Å². The van der Waals surface area contributed by atoms with Gasteiger partial charge in [-0.3, -0.25) is 4.79 Å². The molecule has 3 rings (SSSR count). The van der Waals surface area contributed by atoms with Gasteiger partial charge in [0.25, 0.3) is 0 Å². The van der Waals surface area contributed by atoms with Gasteiger partial charge >= 0.3 is 0 Å². The third-order valence-electron chi connectivity index (χ3n) is 5.42. The Morgan fingerprint density at radius 3 is 2.56 bits per heavy atom. The number of nitrogens with zero attached hydrogens (tertiary/aromatic N) is 3. The molecule has 0 unspecified atom stereocenters. The van der Waals surface area contributed by atoms with Crippen LogP contribution in [0.15, 0.2) is 4.52 Å². The molecular weight excluding hydrogens is 389 g/mol. The van der Waals surface area contributed by atoms with Gasteiger partial charge in [0, 0.05) is 6.42 Å². The molecule has 9 heteroatoms. The third-order valence-corrected chi connectivity index (χ3v) is 5.42. The molecule has 1 aromatic rings. The normalized spacial score (nSPS) is 19.4. The second-order valence-electron chi connectivity index (χ2n) is 7.82. The average Bonchev–Trinajstić information content (AvgIpc) is 3.24. The van der Waals surface area contributed by atoms with Gasteiger partial charge in [0.2, 0.25) is 11.8 Å². The molecule has 27 heavy (non-hydrogen) atoms. The molecule has 1 aliphatic carbocycles. The summed E-state index contributed by atoms with van der Waals surface area (Å²) < 4.78 is 5.39. The van der Waals surface area contributed by atoms with Gasteiger partial charge in [-0.25, -0.2) is 0 Å². The van der Waals surface area contributed by atoms with Gasteiger partial charge in [-0.05, 0) is 65.2 Å². The molecule has 156 valence electrons. The molecule has 7 nitrogen and oxygen atoms in total. The molecule has 0 spiro atoms.